The molecule has 2 atom stereocenters. The molecule has 0 aliphatic carbocycles. The summed E-state index contributed by atoms with van der Waals surface area (Å²) in [6.07, 6.45) is 4.83. The topological polar surface area (TPSA) is 18.5 Å². The summed E-state index contributed by atoms with van der Waals surface area (Å²) >= 11 is 0. The van der Waals surface area contributed by atoms with Gasteiger partial charge in [-0.15, -0.1) is 0 Å². The average Bonchev–Trinajstić information content (AvgIpc) is 2.33. The van der Waals surface area contributed by atoms with Crippen molar-refractivity contribution in [2.75, 3.05) is 19.8 Å². The lowest BCUT2D eigenvalue weighted by Crippen LogP contribution is -2.30. The largest absolute Gasteiger partial charge is 0.382 e. The molecule has 0 amide bonds. The van der Waals surface area contributed by atoms with E-state index in [1.807, 2.05) is 6.92 Å². The van der Waals surface area contributed by atoms with Crippen molar-refractivity contribution in [3.63, 3.8) is 0 Å². The van der Waals surface area contributed by atoms with Crippen LogP contribution in [0.25, 0.3) is 0 Å². The Kier molecular flexibility index (Phi) is 9.76. The summed E-state index contributed by atoms with van der Waals surface area (Å²) < 4.78 is 11.5. The third-order valence-electron chi connectivity index (χ3n) is 3.78. The molecule has 0 aromatic heterocycles. The average molecular weight is 258 g/mol. The molecule has 0 saturated heterocycles. The minimum atomic E-state index is -0.0616. The highest BCUT2D eigenvalue weighted by atomic mass is 16.5. The van der Waals surface area contributed by atoms with Crippen LogP contribution in [0.4, 0.5) is 0 Å². The molecule has 0 radical (unpaired) electrons. The molecular weight excluding hydrogens is 224 g/mol. The summed E-state index contributed by atoms with van der Waals surface area (Å²) in [5.74, 6) is 1.46. The van der Waals surface area contributed by atoms with Crippen molar-refractivity contribution < 1.29 is 9.47 Å². The minimum absolute atomic E-state index is 0.0616. The first kappa shape index (κ1) is 17.9. The Hall–Kier alpha value is -0.0800. The molecule has 0 spiro atoms. The van der Waals surface area contributed by atoms with Crippen LogP contribution >= 0.6 is 0 Å². The lowest BCUT2D eigenvalue weighted by Gasteiger charge is -2.30. The van der Waals surface area contributed by atoms with Gasteiger partial charge in [0, 0.05) is 13.2 Å². The Morgan fingerprint density at radius 2 is 1.78 bits per heavy atom. The summed E-state index contributed by atoms with van der Waals surface area (Å²) in [5.41, 5.74) is -0.0616. The van der Waals surface area contributed by atoms with Crippen molar-refractivity contribution >= 4 is 0 Å². The van der Waals surface area contributed by atoms with E-state index >= 15 is 0 Å². The van der Waals surface area contributed by atoms with E-state index in [1.165, 1.54) is 19.3 Å². The fourth-order valence-corrected chi connectivity index (χ4v) is 2.29. The van der Waals surface area contributed by atoms with Crippen LogP contribution in [-0.4, -0.2) is 25.4 Å². The molecule has 0 aliphatic rings. The Morgan fingerprint density at radius 3 is 2.28 bits per heavy atom. The van der Waals surface area contributed by atoms with Gasteiger partial charge in [0.15, 0.2) is 0 Å². The lowest BCUT2D eigenvalue weighted by atomic mass is 9.88. The molecular formula is C16H34O2. The van der Waals surface area contributed by atoms with Crippen LogP contribution in [0.3, 0.4) is 0 Å². The van der Waals surface area contributed by atoms with Gasteiger partial charge in [-0.25, -0.2) is 0 Å². The van der Waals surface area contributed by atoms with Gasteiger partial charge in [-0.1, -0.05) is 40.0 Å². The van der Waals surface area contributed by atoms with E-state index < -0.39 is 0 Å². The van der Waals surface area contributed by atoms with E-state index in [1.54, 1.807) is 0 Å². The molecule has 2 heteroatoms. The first-order chi connectivity index (χ1) is 8.46. The van der Waals surface area contributed by atoms with Crippen LogP contribution in [-0.2, 0) is 9.47 Å². The van der Waals surface area contributed by atoms with E-state index in [2.05, 4.69) is 34.6 Å². The van der Waals surface area contributed by atoms with Crippen LogP contribution in [0.15, 0.2) is 0 Å². The van der Waals surface area contributed by atoms with Crippen LogP contribution in [0.1, 0.15) is 67.2 Å². The van der Waals surface area contributed by atoms with Crippen molar-refractivity contribution in [3.8, 4) is 0 Å². The highest BCUT2D eigenvalue weighted by Crippen LogP contribution is 2.24. The third kappa shape index (κ3) is 8.10. The summed E-state index contributed by atoms with van der Waals surface area (Å²) in [7, 11) is 0. The van der Waals surface area contributed by atoms with Crippen molar-refractivity contribution in [2.24, 2.45) is 11.8 Å². The number of rotatable bonds is 11. The predicted octanol–water partition coefficient (Wildman–Crippen LogP) is 4.67. The summed E-state index contributed by atoms with van der Waals surface area (Å²) in [6.45, 7) is 15.7. The van der Waals surface area contributed by atoms with E-state index in [9.17, 15) is 0 Å². The van der Waals surface area contributed by atoms with Gasteiger partial charge in [-0.3, -0.25) is 0 Å². The Labute approximate surface area is 114 Å². The molecule has 2 nitrogen and oxygen atoms in total. The maximum Gasteiger partial charge on any atom is 0.0648 e. The quantitative estimate of drug-likeness (QED) is 0.501. The smallest absolute Gasteiger partial charge is 0.0648 e. The SMILES string of the molecule is CCCC(CC)C(C)COC(C)(C)CCOCC. The molecule has 0 bridgehead atoms. The zero-order valence-corrected chi connectivity index (χ0v) is 13.4. The fraction of sp³-hybridized carbons (Fsp3) is 1.00. The van der Waals surface area contributed by atoms with Crippen LogP contribution in [0.2, 0.25) is 0 Å². The highest BCUT2D eigenvalue weighted by Gasteiger charge is 2.22. The maximum atomic E-state index is 6.09. The molecule has 0 saturated carbocycles. The molecule has 0 aromatic rings. The number of hydrogen-bond donors (Lipinski definition) is 0. The molecule has 0 fully saturated rings. The summed E-state index contributed by atoms with van der Waals surface area (Å²) in [5, 5.41) is 0. The first-order valence-corrected chi connectivity index (χ1v) is 7.68. The van der Waals surface area contributed by atoms with Crippen molar-refractivity contribution in [3.05, 3.63) is 0 Å². The van der Waals surface area contributed by atoms with Crippen molar-refractivity contribution in [2.45, 2.75) is 72.8 Å². The third-order valence-corrected chi connectivity index (χ3v) is 3.78. The van der Waals surface area contributed by atoms with Gasteiger partial charge in [0.05, 0.1) is 12.2 Å². The van der Waals surface area contributed by atoms with Crippen molar-refractivity contribution in [1.82, 2.24) is 0 Å². The highest BCUT2D eigenvalue weighted by molar-refractivity contribution is 4.71. The molecule has 0 aromatic carbocycles. The Bertz CT molecular complexity index is 190. The predicted molar refractivity (Wildman–Crippen MR) is 79.0 cm³/mol. The van der Waals surface area contributed by atoms with Gasteiger partial charge in [0.1, 0.15) is 0 Å². The second-order valence-corrected chi connectivity index (χ2v) is 5.95. The van der Waals surface area contributed by atoms with E-state index in [0.29, 0.717) is 5.92 Å². The zero-order valence-electron chi connectivity index (χ0n) is 13.4. The summed E-state index contributed by atoms with van der Waals surface area (Å²) in [4.78, 5) is 0. The number of ether oxygens (including phenoxy) is 2. The second kappa shape index (κ2) is 9.80. The molecule has 2 unspecified atom stereocenters. The zero-order chi connectivity index (χ0) is 14.0. The molecule has 0 heterocycles. The lowest BCUT2D eigenvalue weighted by molar-refractivity contribution is -0.0596. The van der Waals surface area contributed by atoms with Gasteiger partial charge < -0.3 is 9.47 Å². The molecule has 18 heavy (non-hydrogen) atoms. The molecule has 0 aliphatic heterocycles. The van der Waals surface area contributed by atoms with Crippen LogP contribution in [0, 0.1) is 11.8 Å². The Balaban J connectivity index is 3.96. The molecule has 0 N–H and O–H groups in total. The molecule has 110 valence electrons. The van der Waals surface area contributed by atoms with Crippen molar-refractivity contribution in [1.29, 1.82) is 0 Å². The van der Waals surface area contributed by atoms with Gasteiger partial charge in [0.25, 0.3) is 0 Å². The standard InChI is InChI=1S/C16H34O2/c1-7-10-15(8-2)14(4)13-18-16(5,6)11-12-17-9-3/h14-15H,7-13H2,1-6H3. The van der Waals surface area contributed by atoms with Crippen LogP contribution < -0.4 is 0 Å². The van der Waals surface area contributed by atoms with Gasteiger partial charge >= 0.3 is 0 Å². The number of hydrogen-bond acceptors (Lipinski definition) is 2. The summed E-state index contributed by atoms with van der Waals surface area (Å²) in [6, 6.07) is 0. The van der Waals surface area contributed by atoms with Gasteiger partial charge in [-0.05, 0) is 39.0 Å². The van der Waals surface area contributed by atoms with E-state index in [-0.39, 0.29) is 5.60 Å². The van der Waals surface area contributed by atoms with E-state index in [0.717, 1.165) is 32.2 Å². The van der Waals surface area contributed by atoms with Gasteiger partial charge in [-0.2, -0.15) is 0 Å². The Morgan fingerprint density at radius 1 is 1.11 bits per heavy atom. The fourth-order valence-electron chi connectivity index (χ4n) is 2.29. The minimum Gasteiger partial charge on any atom is -0.382 e. The first-order valence-electron chi connectivity index (χ1n) is 7.68. The van der Waals surface area contributed by atoms with Gasteiger partial charge in [0.2, 0.25) is 0 Å². The maximum absolute atomic E-state index is 6.09. The second-order valence-electron chi connectivity index (χ2n) is 5.95. The van der Waals surface area contributed by atoms with Crippen LogP contribution in [0.5, 0.6) is 0 Å². The van der Waals surface area contributed by atoms with E-state index in [4.69, 9.17) is 9.47 Å². The normalized spacial score (nSPS) is 15.7. The monoisotopic (exact) mass is 258 g/mol. The molecule has 0 rings (SSSR count).